The van der Waals surface area contributed by atoms with E-state index in [1.54, 1.807) is 26.4 Å². The second kappa shape index (κ2) is 4.35. The van der Waals surface area contributed by atoms with Crippen LogP contribution in [0.3, 0.4) is 0 Å². The Labute approximate surface area is 83.6 Å². The van der Waals surface area contributed by atoms with E-state index in [1.165, 1.54) is 0 Å². The molecule has 3 nitrogen and oxygen atoms in total. The Kier molecular flexibility index (Phi) is 3.38. The maximum atomic E-state index is 10.4. The van der Waals surface area contributed by atoms with Crippen LogP contribution >= 0.6 is 0 Å². The molecule has 3 heteroatoms. The van der Waals surface area contributed by atoms with Crippen molar-refractivity contribution in [2.75, 3.05) is 14.2 Å². The van der Waals surface area contributed by atoms with Gasteiger partial charge in [0.05, 0.1) is 0 Å². The molecule has 1 rings (SSSR count). The first-order chi connectivity index (χ1) is 6.66. The molecule has 76 valence electrons. The summed E-state index contributed by atoms with van der Waals surface area (Å²) in [6, 6.07) is 7.10. The summed E-state index contributed by atoms with van der Waals surface area (Å²) >= 11 is 0. The van der Waals surface area contributed by atoms with Gasteiger partial charge in [0.1, 0.15) is 6.29 Å². The van der Waals surface area contributed by atoms with Crippen molar-refractivity contribution < 1.29 is 14.3 Å². The number of carbonyl (C=O) groups excluding carboxylic acids is 1. The summed E-state index contributed by atoms with van der Waals surface area (Å²) < 4.78 is 10.5. The topological polar surface area (TPSA) is 35.5 Å². The van der Waals surface area contributed by atoms with E-state index in [0.29, 0.717) is 5.56 Å². The van der Waals surface area contributed by atoms with Crippen LogP contribution in [0.5, 0.6) is 0 Å². The summed E-state index contributed by atoms with van der Waals surface area (Å²) in [4.78, 5) is 10.4. The Morgan fingerprint density at radius 3 is 2.00 bits per heavy atom. The fourth-order valence-electron chi connectivity index (χ4n) is 1.18. The average Bonchev–Trinajstić information content (AvgIpc) is 2.28. The maximum Gasteiger partial charge on any atom is 0.191 e. The first kappa shape index (κ1) is 10.9. The van der Waals surface area contributed by atoms with Crippen LogP contribution in [0.1, 0.15) is 22.8 Å². The molecule has 0 aliphatic heterocycles. The molecule has 0 amide bonds. The van der Waals surface area contributed by atoms with Crippen molar-refractivity contribution >= 4 is 6.29 Å². The smallest absolute Gasteiger partial charge is 0.191 e. The van der Waals surface area contributed by atoms with Crippen LogP contribution in [0.25, 0.3) is 0 Å². The molecule has 0 spiro atoms. The minimum Gasteiger partial charge on any atom is -0.349 e. The largest absolute Gasteiger partial charge is 0.349 e. The number of hydrogen-bond donors (Lipinski definition) is 0. The van der Waals surface area contributed by atoms with Crippen molar-refractivity contribution in [3.63, 3.8) is 0 Å². The lowest BCUT2D eigenvalue weighted by Gasteiger charge is -2.26. The Bertz CT molecular complexity index is 299. The maximum absolute atomic E-state index is 10.4. The van der Waals surface area contributed by atoms with Gasteiger partial charge in [-0.25, -0.2) is 0 Å². The van der Waals surface area contributed by atoms with Crippen molar-refractivity contribution in [1.29, 1.82) is 0 Å². The molecule has 1 aromatic rings. The van der Waals surface area contributed by atoms with Crippen LogP contribution in [0.4, 0.5) is 0 Å². The third-order valence-corrected chi connectivity index (χ3v) is 2.35. The van der Waals surface area contributed by atoms with Gasteiger partial charge in [-0.15, -0.1) is 0 Å². The molecule has 0 aromatic heterocycles. The predicted octanol–water partition coefficient (Wildman–Crippen LogP) is 1.96. The van der Waals surface area contributed by atoms with Gasteiger partial charge in [0, 0.05) is 25.3 Å². The average molecular weight is 194 g/mol. The Hall–Kier alpha value is -1.19. The van der Waals surface area contributed by atoms with Crippen LogP contribution in [0, 0.1) is 0 Å². The lowest BCUT2D eigenvalue weighted by atomic mass is 10.1. The molecule has 1 aromatic carbocycles. The monoisotopic (exact) mass is 194 g/mol. The van der Waals surface area contributed by atoms with Gasteiger partial charge in [0.2, 0.25) is 0 Å². The molecule has 14 heavy (non-hydrogen) atoms. The summed E-state index contributed by atoms with van der Waals surface area (Å²) in [6.45, 7) is 1.82. The lowest BCUT2D eigenvalue weighted by Crippen LogP contribution is -2.26. The summed E-state index contributed by atoms with van der Waals surface area (Å²) in [5.41, 5.74) is 1.52. The number of ether oxygens (including phenoxy) is 2. The molecule has 0 bridgehead atoms. The van der Waals surface area contributed by atoms with Crippen LogP contribution in [0.2, 0.25) is 0 Å². The van der Waals surface area contributed by atoms with Crippen molar-refractivity contribution in [2.24, 2.45) is 0 Å². The van der Waals surface area contributed by atoms with Gasteiger partial charge in [0.25, 0.3) is 0 Å². The van der Waals surface area contributed by atoms with E-state index < -0.39 is 5.79 Å². The number of rotatable bonds is 4. The highest BCUT2D eigenvalue weighted by molar-refractivity contribution is 5.74. The van der Waals surface area contributed by atoms with E-state index in [0.717, 1.165) is 11.8 Å². The second-order valence-corrected chi connectivity index (χ2v) is 3.09. The molecule has 0 aliphatic carbocycles. The van der Waals surface area contributed by atoms with E-state index in [-0.39, 0.29) is 0 Å². The van der Waals surface area contributed by atoms with Crippen LogP contribution in [-0.4, -0.2) is 20.5 Å². The van der Waals surface area contributed by atoms with Gasteiger partial charge in [-0.2, -0.15) is 0 Å². The minimum atomic E-state index is -0.749. The molecule has 0 saturated carbocycles. The minimum absolute atomic E-state index is 0.642. The fourth-order valence-corrected chi connectivity index (χ4v) is 1.18. The number of benzene rings is 1. The van der Waals surface area contributed by atoms with Crippen molar-refractivity contribution in [1.82, 2.24) is 0 Å². The first-order valence-corrected chi connectivity index (χ1v) is 4.32. The van der Waals surface area contributed by atoms with Gasteiger partial charge in [0.15, 0.2) is 5.79 Å². The number of aldehydes is 1. The van der Waals surface area contributed by atoms with E-state index in [2.05, 4.69) is 0 Å². The summed E-state index contributed by atoms with van der Waals surface area (Å²) in [5.74, 6) is -0.749. The highest BCUT2D eigenvalue weighted by Gasteiger charge is 2.24. The van der Waals surface area contributed by atoms with Gasteiger partial charge in [-0.05, 0) is 6.92 Å². The molecule has 0 N–H and O–H groups in total. The molecule has 0 saturated heterocycles. The van der Waals surface area contributed by atoms with Crippen molar-refractivity contribution in [3.8, 4) is 0 Å². The Morgan fingerprint density at radius 2 is 1.64 bits per heavy atom. The molecule has 0 radical (unpaired) electrons. The molecular formula is C11H14O3. The van der Waals surface area contributed by atoms with E-state index in [1.807, 2.05) is 19.1 Å². The zero-order valence-electron chi connectivity index (χ0n) is 8.61. The van der Waals surface area contributed by atoms with Crippen LogP contribution in [-0.2, 0) is 15.3 Å². The normalized spacial score (nSPS) is 11.4. The molecule has 0 heterocycles. The summed E-state index contributed by atoms with van der Waals surface area (Å²) in [7, 11) is 3.16. The third-order valence-electron chi connectivity index (χ3n) is 2.35. The van der Waals surface area contributed by atoms with E-state index >= 15 is 0 Å². The predicted molar refractivity (Wildman–Crippen MR) is 53.2 cm³/mol. The quantitative estimate of drug-likeness (QED) is 0.543. The highest BCUT2D eigenvalue weighted by atomic mass is 16.7. The number of carbonyl (C=O) groups is 1. The Balaban J connectivity index is 3.00. The zero-order chi connectivity index (χ0) is 10.6. The zero-order valence-corrected chi connectivity index (χ0v) is 8.61. The number of methoxy groups -OCH3 is 2. The van der Waals surface area contributed by atoms with E-state index in [9.17, 15) is 4.79 Å². The highest BCUT2D eigenvalue weighted by Crippen LogP contribution is 2.24. The SMILES string of the molecule is COC(C)(OC)c1ccc(C=O)cc1. The van der Waals surface area contributed by atoms with Crippen LogP contribution in [0.15, 0.2) is 24.3 Å². The standard InChI is InChI=1S/C11H14O3/c1-11(13-2,14-3)10-6-4-9(8-12)5-7-10/h4-8H,1-3H3. The summed E-state index contributed by atoms with van der Waals surface area (Å²) in [5, 5.41) is 0. The number of hydrogen-bond acceptors (Lipinski definition) is 3. The third kappa shape index (κ3) is 2.00. The molecule has 0 unspecified atom stereocenters. The molecule has 0 aliphatic rings. The van der Waals surface area contributed by atoms with E-state index in [4.69, 9.17) is 9.47 Å². The molecular weight excluding hydrogens is 180 g/mol. The molecule has 0 atom stereocenters. The van der Waals surface area contributed by atoms with Crippen molar-refractivity contribution in [2.45, 2.75) is 12.7 Å². The van der Waals surface area contributed by atoms with Gasteiger partial charge in [-0.1, -0.05) is 24.3 Å². The molecule has 0 fully saturated rings. The van der Waals surface area contributed by atoms with Crippen molar-refractivity contribution in [3.05, 3.63) is 35.4 Å². The van der Waals surface area contributed by atoms with Crippen LogP contribution < -0.4 is 0 Å². The first-order valence-electron chi connectivity index (χ1n) is 4.32. The van der Waals surface area contributed by atoms with Gasteiger partial charge >= 0.3 is 0 Å². The lowest BCUT2D eigenvalue weighted by molar-refractivity contribution is -0.201. The Morgan fingerprint density at radius 1 is 1.14 bits per heavy atom. The fraction of sp³-hybridized carbons (Fsp3) is 0.364. The summed E-state index contributed by atoms with van der Waals surface area (Å²) in [6.07, 6.45) is 0.806. The van der Waals surface area contributed by atoms with Gasteiger partial charge < -0.3 is 9.47 Å². The van der Waals surface area contributed by atoms with Gasteiger partial charge in [-0.3, -0.25) is 4.79 Å². The second-order valence-electron chi connectivity index (χ2n) is 3.09.